The molecule has 0 saturated heterocycles. The second-order valence-corrected chi connectivity index (χ2v) is 4.65. The normalized spacial score (nSPS) is 10.8. The van der Waals surface area contributed by atoms with E-state index < -0.39 is 0 Å². The molecule has 0 spiro atoms. The van der Waals surface area contributed by atoms with Gasteiger partial charge < -0.3 is 0 Å². The molecule has 1 heterocycles. The number of benzene rings is 1. The molecule has 0 fully saturated rings. The van der Waals surface area contributed by atoms with Crippen LogP contribution >= 0.6 is 22.6 Å². The zero-order valence-electron chi connectivity index (χ0n) is 8.40. The molecule has 0 saturated carbocycles. The quantitative estimate of drug-likeness (QED) is 0.798. The molecule has 2 rings (SSSR count). The second kappa shape index (κ2) is 4.30. The smallest absolute Gasteiger partial charge is 0.261 e. The molecular formula is C11H11IN2O. The van der Waals surface area contributed by atoms with Gasteiger partial charge in [0.05, 0.1) is 17.2 Å². The lowest BCUT2D eigenvalue weighted by Gasteiger charge is -2.04. The third-order valence-corrected chi connectivity index (χ3v) is 2.92. The molecule has 0 bridgehead atoms. The van der Waals surface area contributed by atoms with Crippen LogP contribution < -0.4 is 5.56 Å². The molecule has 1 aromatic heterocycles. The Hall–Kier alpha value is -0.910. The van der Waals surface area contributed by atoms with Crippen LogP contribution in [0.3, 0.4) is 0 Å². The molecule has 3 nitrogen and oxygen atoms in total. The Bertz CT molecular complexity index is 548. The second-order valence-electron chi connectivity index (χ2n) is 3.40. The maximum atomic E-state index is 12.0. The fraction of sp³-hybridized carbons (Fsp3) is 0.273. The molecule has 0 N–H and O–H groups in total. The Morgan fingerprint density at radius 3 is 3.00 bits per heavy atom. The van der Waals surface area contributed by atoms with Gasteiger partial charge in [-0.05, 0) is 47.2 Å². The van der Waals surface area contributed by atoms with E-state index in [9.17, 15) is 4.79 Å². The lowest BCUT2D eigenvalue weighted by atomic mass is 10.2. The average molecular weight is 314 g/mol. The summed E-state index contributed by atoms with van der Waals surface area (Å²) in [5, 5.41) is 0.706. The molecule has 1 aromatic carbocycles. The number of fused-ring (bicyclic) bond motifs is 1. The first-order chi connectivity index (χ1) is 7.22. The van der Waals surface area contributed by atoms with E-state index in [1.165, 1.54) is 0 Å². The lowest BCUT2D eigenvalue weighted by Crippen LogP contribution is -2.20. The van der Waals surface area contributed by atoms with Crippen LogP contribution in [0.25, 0.3) is 10.9 Å². The standard InChI is InChI=1S/C11H11IN2O/c1-2-5-14-7-13-10-4-3-8(12)6-9(10)11(14)15/h3-4,6-7H,2,5H2,1H3. The van der Waals surface area contributed by atoms with Crippen LogP contribution in [0.4, 0.5) is 0 Å². The van der Waals surface area contributed by atoms with Gasteiger partial charge in [0.25, 0.3) is 5.56 Å². The lowest BCUT2D eigenvalue weighted by molar-refractivity contribution is 0.648. The molecule has 0 aliphatic heterocycles. The Labute approximate surface area is 101 Å². The number of aromatic nitrogens is 2. The molecule has 15 heavy (non-hydrogen) atoms. The Balaban J connectivity index is 2.71. The number of hydrogen-bond donors (Lipinski definition) is 0. The molecule has 2 aromatic rings. The van der Waals surface area contributed by atoms with Crippen LogP contribution in [0.2, 0.25) is 0 Å². The highest BCUT2D eigenvalue weighted by Crippen LogP contribution is 2.11. The van der Waals surface area contributed by atoms with E-state index in [-0.39, 0.29) is 5.56 Å². The fourth-order valence-electron chi connectivity index (χ4n) is 1.53. The van der Waals surface area contributed by atoms with Crippen molar-refractivity contribution in [1.29, 1.82) is 0 Å². The van der Waals surface area contributed by atoms with Crippen molar-refractivity contribution in [1.82, 2.24) is 9.55 Å². The first kappa shape index (κ1) is 10.6. The molecule has 78 valence electrons. The zero-order chi connectivity index (χ0) is 10.8. The Morgan fingerprint density at radius 2 is 2.27 bits per heavy atom. The number of aryl methyl sites for hydroxylation is 1. The minimum Gasteiger partial charge on any atom is -0.299 e. The minimum absolute atomic E-state index is 0.0559. The predicted molar refractivity (Wildman–Crippen MR) is 69.0 cm³/mol. The third kappa shape index (κ3) is 2.04. The van der Waals surface area contributed by atoms with Crippen LogP contribution in [-0.2, 0) is 6.54 Å². The van der Waals surface area contributed by atoms with Crippen molar-refractivity contribution in [3.63, 3.8) is 0 Å². The predicted octanol–water partition coefficient (Wildman–Crippen LogP) is 2.41. The summed E-state index contributed by atoms with van der Waals surface area (Å²) in [6, 6.07) is 5.73. The maximum Gasteiger partial charge on any atom is 0.261 e. The van der Waals surface area contributed by atoms with Gasteiger partial charge in [-0.15, -0.1) is 0 Å². The van der Waals surface area contributed by atoms with E-state index in [2.05, 4.69) is 27.6 Å². The topological polar surface area (TPSA) is 34.9 Å². The monoisotopic (exact) mass is 314 g/mol. The van der Waals surface area contributed by atoms with Gasteiger partial charge in [-0.2, -0.15) is 0 Å². The molecule has 4 heteroatoms. The summed E-state index contributed by atoms with van der Waals surface area (Å²) < 4.78 is 2.73. The number of nitrogens with zero attached hydrogens (tertiary/aromatic N) is 2. The van der Waals surface area contributed by atoms with Crippen molar-refractivity contribution in [3.05, 3.63) is 38.5 Å². The summed E-state index contributed by atoms with van der Waals surface area (Å²) >= 11 is 2.20. The zero-order valence-corrected chi connectivity index (χ0v) is 10.6. The maximum absolute atomic E-state index is 12.0. The van der Waals surface area contributed by atoms with Crippen molar-refractivity contribution in [2.45, 2.75) is 19.9 Å². The fourth-order valence-corrected chi connectivity index (χ4v) is 2.02. The number of halogens is 1. The van der Waals surface area contributed by atoms with Crippen LogP contribution in [0, 0.1) is 3.57 Å². The number of rotatable bonds is 2. The average Bonchev–Trinajstić information content (AvgIpc) is 2.23. The van der Waals surface area contributed by atoms with Gasteiger partial charge in [-0.1, -0.05) is 6.92 Å². The van der Waals surface area contributed by atoms with Gasteiger partial charge in [0.15, 0.2) is 0 Å². The molecule has 0 atom stereocenters. The van der Waals surface area contributed by atoms with Crippen LogP contribution in [0.5, 0.6) is 0 Å². The van der Waals surface area contributed by atoms with Gasteiger partial charge in [0, 0.05) is 10.1 Å². The van der Waals surface area contributed by atoms with E-state index in [1.807, 2.05) is 25.1 Å². The van der Waals surface area contributed by atoms with E-state index in [1.54, 1.807) is 10.9 Å². The first-order valence-corrected chi connectivity index (χ1v) is 5.95. The molecule has 0 unspecified atom stereocenters. The summed E-state index contributed by atoms with van der Waals surface area (Å²) in [6.07, 6.45) is 2.57. The van der Waals surface area contributed by atoms with E-state index >= 15 is 0 Å². The van der Waals surface area contributed by atoms with Crippen LogP contribution in [0.1, 0.15) is 13.3 Å². The Morgan fingerprint density at radius 1 is 1.47 bits per heavy atom. The van der Waals surface area contributed by atoms with Gasteiger partial charge in [0.1, 0.15) is 0 Å². The summed E-state index contributed by atoms with van der Waals surface area (Å²) in [5.41, 5.74) is 0.827. The van der Waals surface area contributed by atoms with Crippen molar-refractivity contribution in [2.75, 3.05) is 0 Å². The van der Waals surface area contributed by atoms with Crippen molar-refractivity contribution in [3.8, 4) is 0 Å². The Kier molecular flexibility index (Phi) is 3.04. The largest absolute Gasteiger partial charge is 0.299 e. The van der Waals surface area contributed by atoms with Gasteiger partial charge in [0.2, 0.25) is 0 Å². The third-order valence-electron chi connectivity index (χ3n) is 2.25. The summed E-state index contributed by atoms with van der Waals surface area (Å²) in [4.78, 5) is 16.3. The van der Waals surface area contributed by atoms with E-state index in [0.29, 0.717) is 5.39 Å². The first-order valence-electron chi connectivity index (χ1n) is 4.87. The van der Waals surface area contributed by atoms with Crippen LogP contribution in [-0.4, -0.2) is 9.55 Å². The van der Waals surface area contributed by atoms with Crippen molar-refractivity contribution < 1.29 is 0 Å². The van der Waals surface area contributed by atoms with E-state index in [0.717, 1.165) is 22.1 Å². The molecular weight excluding hydrogens is 303 g/mol. The highest BCUT2D eigenvalue weighted by Gasteiger charge is 2.03. The summed E-state index contributed by atoms with van der Waals surface area (Å²) in [7, 11) is 0. The summed E-state index contributed by atoms with van der Waals surface area (Å²) in [6.45, 7) is 2.78. The molecule has 0 aliphatic rings. The summed E-state index contributed by atoms with van der Waals surface area (Å²) in [5.74, 6) is 0. The SMILES string of the molecule is CCCn1cnc2ccc(I)cc2c1=O. The van der Waals surface area contributed by atoms with E-state index in [4.69, 9.17) is 0 Å². The van der Waals surface area contributed by atoms with Gasteiger partial charge >= 0.3 is 0 Å². The molecule has 0 amide bonds. The van der Waals surface area contributed by atoms with Crippen molar-refractivity contribution in [2.24, 2.45) is 0 Å². The van der Waals surface area contributed by atoms with Gasteiger partial charge in [-0.25, -0.2) is 4.98 Å². The molecule has 0 radical (unpaired) electrons. The highest BCUT2D eigenvalue weighted by atomic mass is 127. The highest BCUT2D eigenvalue weighted by molar-refractivity contribution is 14.1. The van der Waals surface area contributed by atoms with Gasteiger partial charge in [-0.3, -0.25) is 9.36 Å². The molecule has 0 aliphatic carbocycles. The van der Waals surface area contributed by atoms with Crippen LogP contribution in [0.15, 0.2) is 29.3 Å². The van der Waals surface area contributed by atoms with Crippen molar-refractivity contribution >= 4 is 33.5 Å². The number of hydrogen-bond acceptors (Lipinski definition) is 2. The minimum atomic E-state index is 0.0559.